The van der Waals surface area contributed by atoms with Crippen molar-refractivity contribution in [2.24, 2.45) is 0 Å². The summed E-state index contributed by atoms with van der Waals surface area (Å²) < 4.78 is 42.0. The molecule has 3 aromatic rings. The number of benzene rings is 1. The average molecular weight is 393 g/mol. The lowest BCUT2D eigenvalue weighted by atomic mass is 10.1. The molecule has 0 radical (unpaired) electrons. The van der Waals surface area contributed by atoms with Gasteiger partial charge in [-0.2, -0.15) is 13.2 Å². The molecule has 0 fully saturated rings. The molecule has 0 atom stereocenters. The van der Waals surface area contributed by atoms with Gasteiger partial charge in [0.2, 0.25) is 0 Å². The Balaban J connectivity index is 1.61. The van der Waals surface area contributed by atoms with Crippen LogP contribution in [0.5, 0.6) is 0 Å². The van der Waals surface area contributed by atoms with E-state index in [0.717, 1.165) is 17.1 Å². The van der Waals surface area contributed by atoms with Gasteiger partial charge in [0.1, 0.15) is 10.5 Å². The normalized spacial score (nSPS) is 15.7. The van der Waals surface area contributed by atoms with Crippen LogP contribution in [0, 0.1) is 6.92 Å². The van der Waals surface area contributed by atoms with Crippen molar-refractivity contribution in [1.29, 1.82) is 0 Å². The lowest BCUT2D eigenvalue weighted by Gasteiger charge is -2.21. The summed E-state index contributed by atoms with van der Waals surface area (Å²) in [4.78, 5) is 19.4. The molecule has 27 heavy (non-hydrogen) atoms. The van der Waals surface area contributed by atoms with E-state index >= 15 is 0 Å². The number of halogens is 3. The van der Waals surface area contributed by atoms with Gasteiger partial charge in [-0.05, 0) is 29.5 Å². The summed E-state index contributed by atoms with van der Waals surface area (Å²) >= 11 is 1.39. The number of rotatable bonds is 2. The third-order valence-electron chi connectivity index (χ3n) is 4.94. The van der Waals surface area contributed by atoms with E-state index in [9.17, 15) is 18.0 Å². The first-order valence-electron chi connectivity index (χ1n) is 8.69. The first kappa shape index (κ1) is 18.2. The van der Waals surface area contributed by atoms with Gasteiger partial charge in [-0.3, -0.25) is 14.3 Å². The van der Waals surface area contributed by atoms with Crippen molar-refractivity contribution in [3.05, 3.63) is 62.5 Å². The van der Waals surface area contributed by atoms with Crippen molar-refractivity contribution in [3.63, 3.8) is 0 Å². The summed E-state index contributed by atoms with van der Waals surface area (Å²) in [5, 5.41) is 1.93. The maximum absolute atomic E-state index is 13.2. The molecular weight excluding hydrogens is 375 g/mol. The fourth-order valence-corrected chi connectivity index (χ4v) is 4.46. The minimum atomic E-state index is -4.37. The molecule has 0 amide bonds. The molecule has 2 aromatic heterocycles. The van der Waals surface area contributed by atoms with Crippen molar-refractivity contribution in [2.75, 3.05) is 13.1 Å². The van der Waals surface area contributed by atoms with Crippen LogP contribution in [-0.4, -0.2) is 27.5 Å². The molecule has 4 nitrogen and oxygen atoms in total. The van der Waals surface area contributed by atoms with Gasteiger partial charge in [0.25, 0.3) is 5.56 Å². The zero-order valence-electron chi connectivity index (χ0n) is 14.7. The number of alkyl halides is 3. The average Bonchev–Trinajstić information content (AvgIpc) is 2.86. The van der Waals surface area contributed by atoms with Crippen LogP contribution in [0.25, 0.3) is 10.2 Å². The molecule has 0 spiro atoms. The molecule has 0 saturated carbocycles. The Morgan fingerprint density at radius 2 is 1.96 bits per heavy atom. The highest BCUT2D eigenvalue weighted by atomic mass is 32.1. The largest absolute Gasteiger partial charge is 0.416 e. The predicted molar refractivity (Wildman–Crippen MR) is 99.0 cm³/mol. The van der Waals surface area contributed by atoms with Crippen molar-refractivity contribution in [1.82, 2.24) is 14.5 Å². The number of fused-ring (bicyclic) bond motifs is 2. The van der Waals surface area contributed by atoms with E-state index in [2.05, 4.69) is 4.98 Å². The monoisotopic (exact) mass is 393 g/mol. The maximum atomic E-state index is 13.2. The topological polar surface area (TPSA) is 38.1 Å². The molecule has 0 bridgehead atoms. The molecular formula is C19H18F3N3OS. The van der Waals surface area contributed by atoms with E-state index in [1.807, 2.05) is 17.2 Å². The molecule has 1 aliphatic rings. The highest BCUT2D eigenvalue weighted by Crippen LogP contribution is 2.32. The van der Waals surface area contributed by atoms with Gasteiger partial charge in [-0.15, -0.1) is 11.3 Å². The van der Waals surface area contributed by atoms with Crippen LogP contribution in [0.3, 0.4) is 0 Å². The third-order valence-corrected chi connectivity index (χ3v) is 6.02. The molecule has 3 heterocycles. The van der Waals surface area contributed by atoms with Crippen molar-refractivity contribution < 1.29 is 13.2 Å². The molecule has 8 heteroatoms. The summed E-state index contributed by atoms with van der Waals surface area (Å²) in [5.41, 5.74) is 1.33. The molecule has 4 rings (SSSR count). The minimum absolute atomic E-state index is 0.0503. The smallest absolute Gasteiger partial charge is 0.297 e. The standard InChI is InChI=1S/C19H18F3N3OS/c1-12-11-27-17-16(12)23-15-6-7-24(8-9-25(15)18(17)26)10-13-4-2-3-5-14(13)19(20,21)22/h2-5,11H,6-10H2,1H3. The van der Waals surface area contributed by atoms with Crippen LogP contribution in [-0.2, 0) is 25.7 Å². The number of aryl methyl sites for hydroxylation is 1. The lowest BCUT2D eigenvalue weighted by Crippen LogP contribution is -2.29. The SMILES string of the molecule is Cc1csc2c(=O)n3c(nc12)CCN(Cc1ccccc1C(F)(F)F)CC3. The van der Waals surface area contributed by atoms with Crippen LogP contribution in [0.15, 0.2) is 34.4 Å². The molecule has 0 saturated heterocycles. The second-order valence-electron chi connectivity index (χ2n) is 6.76. The van der Waals surface area contributed by atoms with E-state index in [4.69, 9.17) is 0 Å². The van der Waals surface area contributed by atoms with Gasteiger partial charge in [-0.1, -0.05) is 18.2 Å². The first-order valence-corrected chi connectivity index (χ1v) is 9.57. The van der Waals surface area contributed by atoms with Gasteiger partial charge in [0.05, 0.1) is 11.1 Å². The van der Waals surface area contributed by atoms with Gasteiger partial charge < -0.3 is 0 Å². The second-order valence-corrected chi connectivity index (χ2v) is 7.64. The Morgan fingerprint density at radius 1 is 1.19 bits per heavy atom. The number of hydrogen-bond donors (Lipinski definition) is 0. The number of hydrogen-bond acceptors (Lipinski definition) is 4. The third kappa shape index (κ3) is 3.39. The van der Waals surface area contributed by atoms with Crippen molar-refractivity contribution in [2.45, 2.75) is 32.6 Å². The fourth-order valence-electron chi connectivity index (χ4n) is 3.52. The molecule has 1 aromatic carbocycles. The fraction of sp³-hybridized carbons (Fsp3) is 0.368. The van der Waals surface area contributed by atoms with E-state index in [-0.39, 0.29) is 17.7 Å². The summed E-state index contributed by atoms with van der Waals surface area (Å²) in [5.74, 6) is 0.709. The summed E-state index contributed by atoms with van der Waals surface area (Å²) in [7, 11) is 0. The highest BCUT2D eigenvalue weighted by molar-refractivity contribution is 7.17. The van der Waals surface area contributed by atoms with Crippen LogP contribution in [0.2, 0.25) is 0 Å². The Hall–Kier alpha value is -2.19. The van der Waals surface area contributed by atoms with Gasteiger partial charge in [0, 0.05) is 32.6 Å². The second kappa shape index (κ2) is 6.76. The quantitative estimate of drug-likeness (QED) is 0.664. The zero-order chi connectivity index (χ0) is 19.2. The Bertz CT molecular complexity index is 1050. The van der Waals surface area contributed by atoms with Gasteiger partial charge in [-0.25, -0.2) is 4.98 Å². The van der Waals surface area contributed by atoms with Crippen LogP contribution >= 0.6 is 11.3 Å². The summed E-state index contributed by atoms with van der Waals surface area (Å²) in [6, 6.07) is 5.67. The number of nitrogens with zero attached hydrogens (tertiary/aromatic N) is 3. The van der Waals surface area contributed by atoms with E-state index in [0.29, 0.717) is 36.6 Å². The zero-order valence-corrected chi connectivity index (χ0v) is 15.5. The molecule has 1 aliphatic heterocycles. The summed E-state index contributed by atoms with van der Waals surface area (Å²) in [6.07, 6.45) is -3.83. The number of aromatic nitrogens is 2. The van der Waals surface area contributed by atoms with Gasteiger partial charge in [0.15, 0.2) is 0 Å². The Kier molecular flexibility index (Phi) is 4.55. The molecule has 0 unspecified atom stereocenters. The van der Waals surface area contributed by atoms with E-state index < -0.39 is 11.7 Å². The maximum Gasteiger partial charge on any atom is 0.416 e. The van der Waals surface area contributed by atoms with Crippen LogP contribution < -0.4 is 5.56 Å². The Labute approximate surface area is 157 Å². The highest BCUT2D eigenvalue weighted by Gasteiger charge is 2.33. The van der Waals surface area contributed by atoms with E-state index in [1.54, 1.807) is 10.6 Å². The van der Waals surface area contributed by atoms with E-state index in [1.165, 1.54) is 23.5 Å². The van der Waals surface area contributed by atoms with Crippen LogP contribution in [0.1, 0.15) is 22.5 Å². The Morgan fingerprint density at radius 3 is 2.74 bits per heavy atom. The lowest BCUT2D eigenvalue weighted by molar-refractivity contribution is -0.138. The number of thiophene rings is 1. The van der Waals surface area contributed by atoms with Crippen molar-refractivity contribution >= 4 is 21.6 Å². The molecule has 0 aliphatic carbocycles. The molecule has 142 valence electrons. The van der Waals surface area contributed by atoms with Gasteiger partial charge >= 0.3 is 6.18 Å². The van der Waals surface area contributed by atoms with Crippen LogP contribution in [0.4, 0.5) is 13.2 Å². The predicted octanol–water partition coefficient (Wildman–Crippen LogP) is 3.84. The first-order chi connectivity index (χ1) is 12.8. The summed E-state index contributed by atoms with van der Waals surface area (Å²) in [6.45, 7) is 3.64. The molecule has 0 N–H and O–H groups in total. The minimum Gasteiger partial charge on any atom is -0.297 e. The van der Waals surface area contributed by atoms with Crippen molar-refractivity contribution in [3.8, 4) is 0 Å².